The van der Waals surface area contributed by atoms with Crippen molar-refractivity contribution in [3.05, 3.63) is 104 Å². The number of H-pyrrole nitrogens is 1. The number of esters is 2. The standard InChI is InChI=1S/C39H35N3O9S2/c1-3-49-37(46)19-9-13-21(14-10-19)40-27(43)18-51-26-8-6-5-7-23(26)28-29-24-17-25(32(29)52-34-33(28)53-39(48)41-34)31-30(24)35(44)42(36(31)45)22-15-11-20(12-16-22)38(47)50-4-2/h5-16,24-25,28-32H,3-4,17-18H2,1-2H3,(H,40,43)(H,41,48)/t24-,25-,28+,29-,30+,31+,32-/m1/s1. The summed E-state index contributed by atoms with van der Waals surface area (Å²) in [5, 5.41) is 3.51. The Kier molecular flexibility index (Phi) is 9.19. The van der Waals surface area contributed by atoms with Crippen molar-refractivity contribution in [2.75, 3.05) is 30.0 Å². The predicted octanol–water partition coefficient (Wildman–Crippen LogP) is 5.49. The van der Waals surface area contributed by atoms with E-state index in [2.05, 4.69) is 10.3 Å². The first kappa shape index (κ1) is 34.9. The lowest BCUT2D eigenvalue weighted by Gasteiger charge is -2.43. The number of anilines is 2. The quantitative estimate of drug-likeness (QED) is 0.157. The van der Waals surface area contributed by atoms with E-state index in [1.807, 2.05) is 18.2 Å². The number of benzene rings is 3. The summed E-state index contributed by atoms with van der Waals surface area (Å²) < 4.78 is 16.3. The molecule has 8 rings (SSSR count). The number of hydrogen-bond donors (Lipinski definition) is 2. The average molecular weight is 754 g/mol. The molecule has 14 heteroatoms. The molecule has 1 saturated heterocycles. The second-order valence-corrected chi connectivity index (χ2v) is 15.6. The molecule has 3 amide bonds. The van der Waals surface area contributed by atoms with E-state index in [1.54, 1.807) is 80.2 Å². The maximum atomic E-state index is 14.2. The maximum Gasteiger partial charge on any atom is 0.338 e. The highest BCUT2D eigenvalue weighted by atomic mass is 32.2. The predicted molar refractivity (Wildman–Crippen MR) is 196 cm³/mol. The van der Waals surface area contributed by atoms with Gasteiger partial charge < -0.3 is 24.5 Å². The van der Waals surface area contributed by atoms with Crippen molar-refractivity contribution in [2.24, 2.45) is 29.6 Å². The van der Waals surface area contributed by atoms with Crippen LogP contribution in [0.1, 0.15) is 57.3 Å². The number of thioether (sulfide) groups is 1. The van der Waals surface area contributed by atoms with Crippen LogP contribution in [0.2, 0.25) is 0 Å². The Hall–Kier alpha value is -5.21. The number of carbonyl (C=O) groups excluding carboxylic acids is 5. The molecule has 2 bridgehead atoms. The van der Waals surface area contributed by atoms with Gasteiger partial charge in [-0.3, -0.25) is 24.1 Å². The largest absolute Gasteiger partial charge is 0.483 e. The Morgan fingerprint density at radius 1 is 0.830 bits per heavy atom. The molecule has 7 atom stereocenters. The fourth-order valence-corrected chi connectivity index (χ4v) is 11.6. The number of nitrogens with one attached hydrogen (secondary N) is 2. The molecular weight excluding hydrogens is 719 g/mol. The summed E-state index contributed by atoms with van der Waals surface area (Å²) in [5.41, 5.74) is 2.43. The normalized spacial score (nSPS) is 25.0. The fourth-order valence-electron chi connectivity index (χ4n) is 8.69. The number of thiazole rings is 1. The molecule has 2 N–H and O–H groups in total. The van der Waals surface area contributed by atoms with Crippen LogP contribution < -0.4 is 19.8 Å². The van der Waals surface area contributed by atoms with Crippen molar-refractivity contribution in [3.8, 4) is 5.75 Å². The van der Waals surface area contributed by atoms with Crippen molar-refractivity contribution < 1.29 is 38.2 Å². The number of nitrogens with zero attached hydrogens (tertiary/aromatic N) is 1. The van der Waals surface area contributed by atoms with Gasteiger partial charge >= 0.3 is 16.8 Å². The van der Waals surface area contributed by atoms with Gasteiger partial charge in [0.25, 0.3) is 5.91 Å². The van der Waals surface area contributed by atoms with E-state index < -0.39 is 29.7 Å². The molecule has 1 aromatic heterocycles. The molecule has 4 aromatic rings. The molecule has 2 aliphatic heterocycles. The van der Waals surface area contributed by atoms with Gasteiger partial charge in [-0.05, 0) is 92.6 Å². The van der Waals surface area contributed by atoms with Gasteiger partial charge in [0.05, 0.1) is 46.9 Å². The van der Waals surface area contributed by atoms with E-state index >= 15 is 0 Å². The molecule has 53 heavy (non-hydrogen) atoms. The van der Waals surface area contributed by atoms with Gasteiger partial charge in [0.2, 0.25) is 11.8 Å². The summed E-state index contributed by atoms with van der Waals surface area (Å²) in [7, 11) is 0. The lowest BCUT2D eigenvalue weighted by molar-refractivity contribution is -0.123. The molecule has 272 valence electrons. The molecule has 3 heterocycles. The number of carbonyl (C=O) groups is 5. The van der Waals surface area contributed by atoms with Crippen LogP contribution in [0.25, 0.3) is 0 Å². The van der Waals surface area contributed by atoms with Crippen molar-refractivity contribution >= 4 is 64.1 Å². The number of amides is 3. The zero-order valence-corrected chi connectivity index (χ0v) is 30.4. The van der Waals surface area contributed by atoms with Crippen LogP contribution >= 0.6 is 23.1 Å². The van der Waals surface area contributed by atoms with E-state index in [-0.39, 0.29) is 65.4 Å². The van der Waals surface area contributed by atoms with E-state index in [1.165, 1.54) is 4.90 Å². The highest BCUT2D eigenvalue weighted by Gasteiger charge is 2.69. The first-order valence-electron chi connectivity index (χ1n) is 17.5. The lowest BCUT2D eigenvalue weighted by Crippen LogP contribution is -2.42. The van der Waals surface area contributed by atoms with Gasteiger partial charge in [0, 0.05) is 27.3 Å². The highest BCUT2D eigenvalue weighted by Crippen LogP contribution is 2.69. The van der Waals surface area contributed by atoms with E-state index in [9.17, 15) is 28.8 Å². The summed E-state index contributed by atoms with van der Waals surface area (Å²) in [6.07, 6.45) is 0.709. The fraction of sp³-hybridized carbons (Fsp3) is 0.333. The van der Waals surface area contributed by atoms with Crippen LogP contribution in [-0.2, 0) is 23.9 Å². The molecule has 2 aliphatic carbocycles. The van der Waals surface area contributed by atoms with Gasteiger partial charge in [-0.2, -0.15) is 0 Å². The van der Waals surface area contributed by atoms with Gasteiger partial charge in [-0.1, -0.05) is 29.5 Å². The molecule has 0 spiro atoms. The summed E-state index contributed by atoms with van der Waals surface area (Å²) in [6.45, 7) is 3.65. The van der Waals surface area contributed by atoms with Crippen LogP contribution in [-0.4, -0.2) is 59.7 Å². The third-order valence-electron chi connectivity index (χ3n) is 10.7. The molecule has 4 aliphatic rings. The number of ether oxygens (including phenoxy) is 3. The van der Waals surface area contributed by atoms with Gasteiger partial charge in [0.1, 0.15) is 5.75 Å². The van der Waals surface area contributed by atoms with Gasteiger partial charge in [-0.15, -0.1) is 11.8 Å². The third kappa shape index (κ3) is 6.03. The van der Waals surface area contributed by atoms with Crippen LogP contribution in [0.3, 0.4) is 0 Å². The Bertz CT molecular complexity index is 2180. The van der Waals surface area contributed by atoms with Crippen LogP contribution in [0.4, 0.5) is 11.4 Å². The van der Waals surface area contributed by atoms with Crippen LogP contribution in [0.5, 0.6) is 5.75 Å². The zero-order valence-electron chi connectivity index (χ0n) is 28.7. The first-order chi connectivity index (χ1) is 25.7. The molecule has 0 unspecified atom stereocenters. The number of imide groups is 1. The number of rotatable bonds is 10. The van der Waals surface area contributed by atoms with E-state index in [0.29, 0.717) is 34.7 Å². The van der Waals surface area contributed by atoms with Crippen molar-refractivity contribution in [2.45, 2.75) is 36.5 Å². The molecular formula is C39H35N3O9S2. The second-order valence-electron chi connectivity index (χ2n) is 13.4. The second kappa shape index (κ2) is 14.0. The number of hydrogen-bond acceptors (Lipinski definition) is 11. The number of aromatic amines is 1. The Morgan fingerprint density at radius 2 is 1.45 bits per heavy atom. The molecule has 12 nitrogen and oxygen atoms in total. The molecule has 2 saturated carbocycles. The number of para-hydroxylation sites is 1. The molecule has 3 fully saturated rings. The van der Waals surface area contributed by atoms with Gasteiger partial charge in [-0.25, -0.2) is 9.59 Å². The van der Waals surface area contributed by atoms with Crippen molar-refractivity contribution in [3.63, 3.8) is 0 Å². The summed E-state index contributed by atoms with van der Waals surface area (Å²) in [5.74, 6) is -2.94. The SMILES string of the molecule is CCOC(=O)c1ccc(NC(=O)COc2ccccc2[C@@H]2c3sc(=O)[nH]c3S[C@@H]3[C@@H]4C[C@@H]([C@@H]5C(=O)N(c6ccc(C(=O)OCC)cc6)C(=O)[C@@H]45)[C@H]23)cc1. The Morgan fingerprint density at radius 3 is 2.11 bits per heavy atom. The van der Waals surface area contributed by atoms with Gasteiger partial charge in [0.15, 0.2) is 6.61 Å². The highest BCUT2D eigenvalue weighted by molar-refractivity contribution is 8.00. The van der Waals surface area contributed by atoms with E-state index in [4.69, 9.17) is 14.2 Å². The number of aromatic nitrogens is 1. The van der Waals surface area contributed by atoms with Crippen LogP contribution in [0.15, 0.2) is 82.6 Å². The average Bonchev–Trinajstić information content (AvgIpc) is 3.90. The minimum Gasteiger partial charge on any atom is -0.483 e. The smallest absolute Gasteiger partial charge is 0.338 e. The minimum absolute atomic E-state index is 0.0409. The lowest BCUT2D eigenvalue weighted by atomic mass is 9.68. The summed E-state index contributed by atoms with van der Waals surface area (Å²) in [4.78, 5) is 83.3. The summed E-state index contributed by atoms with van der Waals surface area (Å²) >= 11 is 2.73. The molecule has 0 radical (unpaired) electrons. The third-order valence-corrected chi connectivity index (χ3v) is 13.2. The van der Waals surface area contributed by atoms with Crippen molar-refractivity contribution in [1.29, 1.82) is 0 Å². The zero-order chi connectivity index (χ0) is 37.0. The maximum absolute atomic E-state index is 14.2. The van der Waals surface area contributed by atoms with Crippen LogP contribution in [0, 0.1) is 29.6 Å². The molecule has 3 aromatic carbocycles. The first-order valence-corrected chi connectivity index (χ1v) is 19.2. The van der Waals surface area contributed by atoms with Crippen molar-refractivity contribution in [1.82, 2.24) is 4.98 Å². The number of fused-ring (bicyclic) bond motifs is 9. The Balaban J connectivity index is 1.05. The van der Waals surface area contributed by atoms with E-state index in [0.717, 1.165) is 26.8 Å². The monoisotopic (exact) mass is 753 g/mol. The Labute approximate surface area is 312 Å². The topological polar surface area (TPSA) is 161 Å². The summed E-state index contributed by atoms with van der Waals surface area (Å²) in [6, 6.07) is 20.2. The minimum atomic E-state index is -0.520.